The molecule has 0 spiro atoms. The fraction of sp³-hybridized carbons (Fsp3) is 0.875. The van der Waals surface area contributed by atoms with E-state index in [0.29, 0.717) is 18.9 Å². The second-order valence-electron chi connectivity index (χ2n) is 3.31. The van der Waals surface area contributed by atoms with Gasteiger partial charge < -0.3 is 11.5 Å². The highest BCUT2D eigenvalue weighted by atomic mass is 16.1. The summed E-state index contributed by atoms with van der Waals surface area (Å²) < 4.78 is 0. The fourth-order valence-electron chi connectivity index (χ4n) is 1.15. The predicted octanol–water partition coefficient (Wildman–Crippen LogP) is 0.483. The van der Waals surface area contributed by atoms with Crippen LogP contribution in [-0.2, 0) is 4.79 Å². The van der Waals surface area contributed by atoms with Crippen LogP contribution in [-0.4, -0.2) is 12.5 Å². The molecular formula is C8H18N2O. The van der Waals surface area contributed by atoms with E-state index in [0.717, 1.165) is 6.42 Å². The molecule has 0 aromatic heterocycles. The zero-order valence-corrected chi connectivity index (χ0v) is 7.34. The minimum Gasteiger partial charge on any atom is -0.369 e. The first-order chi connectivity index (χ1) is 5.07. The summed E-state index contributed by atoms with van der Waals surface area (Å²) in [7, 11) is 0. The highest BCUT2D eigenvalue weighted by molar-refractivity contribution is 5.76. The van der Waals surface area contributed by atoms with Gasteiger partial charge in [-0.25, -0.2) is 0 Å². The Hall–Kier alpha value is -0.570. The van der Waals surface area contributed by atoms with Crippen LogP contribution in [0.2, 0.25) is 0 Å². The van der Waals surface area contributed by atoms with E-state index in [2.05, 4.69) is 13.8 Å². The molecule has 1 atom stereocenters. The van der Waals surface area contributed by atoms with Crippen molar-refractivity contribution >= 4 is 5.91 Å². The molecule has 0 bridgehead atoms. The monoisotopic (exact) mass is 158 g/mol. The van der Waals surface area contributed by atoms with Gasteiger partial charge in [0.2, 0.25) is 5.91 Å². The van der Waals surface area contributed by atoms with Crippen molar-refractivity contribution in [3.8, 4) is 0 Å². The molecule has 4 N–H and O–H groups in total. The Balaban J connectivity index is 3.79. The van der Waals surface area contributed by atoms with E-state index >= 15 is 0 Å². The number of hydrogen-bond donors (Lipinski definition) is 2. The molecule has 0 aliphatic heterocycles. The van der Waals surface area contributed by atoms with Gasteiger partial charge in [-0.2, -0.15) is 0 Å². The average molecular weight is 158 g/mol. The molecule has 0 heterocycles. The number of rotatable bonds is 5. The molecule has 11 heavy (non-hydrogen) atoms. The van der Waals surface area contributed by atoms with E-state index in [1.807, 2.05) is 0 Å². The zero-order valence-electron chi connectivity index (χ0n) is 7.34. The number of nitrogens with two attached hydrogens (primary N) is 2. The molecule has 3 nitrogen and oxygen atoms in total. The summed E-state index contributed by atoms with van der Waals surface area (Å²) in [5.41, 5.74) is 10.5. The summed E-state index contributed by atoms with van der Waals surface area (Å²) in [4.78, 5) is 10.8. The van der Waals surface area contributed by atoms with Gasteiger partial charge in [-0.1, -0.05) is 13.8 Å². The van der Waals surface area contributed by atoms with E-state index in [1.165, 1.54) is 0 Å². The first-order valence-corrected chi connectivity index (χ1v) is 4.07. The Morgan fingerprint density at radius 2 is 2.00 bits per heavy atom. The minimum atomic E-state index is -0.218. The molecule has 66 valence electrons. The van der Waals surface area contributed by atoms with Gasteiger partial charge in [0, 0.05) is 5.92 Å². The first-order valence-electron chi connectivity index (χ1n) is 4.07. The van der Waals surface area contributed by atoms with Gasteiger partial charge in [0.05, 0.1) is 0 Å². The Labute approximate surface area is 68.1 Å². The SMILES string of the molecule is CC(C)CC(CCN)C(N)=O. The van der Waals surface area contributed by atoms with E-state index in [-0.39, 0.29) is 11.8 Å². The molecule has 0 aliphatic carbocycles. The molecule has 0 rings (SSSR count). The van der Waals surface area contributed by atoms with Crippen LogP contribution < -0.4 is 11.5 Å². The standard InChI is InChI=1S/C8H18N2O/c1-6(2)5-7(3-4-9)8(10)11/h6-7H,3-5,9H2,1-2H3,(H2,10,11). The van der Waals surface area contributed by atoms with Crippen LogP contribution in [0.1, 0.15) is 26.7 Å². The number of carbonyl (C=O) groups is 1. The van der Waals surface area contributed by atoms with Gasteiger partial charge >= 0.3 is 0 Å². The quantitative estimate of drug-likeness (QED) is 0.611. The maximum atomic E-state index is 10.8. The second kappa shape index (κ2) is 5.13. The molecule has 0 fully saturated rings. The van der Waals surface area contributed by atoms with Crippen LogP contribution in [0, 0.1) is 11.8 Å². The molecular weight excluding hydrogens is 140 g/mol. The lowest BCUT2D eigenvalue weighted by Crippen LogP contribution is -2.26. The van der Waals surface area contributed by atoms with Crippen LogP contribution in [0.3, 0.4) is 0 Å². The lowest BCUT2D eigenvalue weighted by atomic mass is 9.94. The molecule has 1 amide bonds. The molecule has 0 aliphatic rings. The smallest absolute Gasteiger partial charge is 0.220 e. The molecule has 0 aromatic rings. The van der Waals surface area contributed by atoms with Crippen molar-refractivity contribution in [2.75, 3.05) is 6.54 Å². The van der Waals surface area contributed by atoms with Crippen molar-refractivity contribution in [2.24, 2.45) is 23.3 Å². The van der Waals surface area contributed by atoms with Gasteiger partial charge in [-0.15, -0.1) is 0 Å². The summed E-state index contributed by atoms with van der Waals surface area (Å²) in [6.07, 6.45) is 1.57. The maximum Gasteiger partial charge on any atom is 0.220 e. The Morgan fingerprint density at radius 3 is 2.27 bits per heavy atom. The van der Waals surface area contributed by atoms with E-state index in [1.54, 1.807) is 0 Å². The van der Waals surface area contributed by atoms with Gasteiger partial charge in [0.25, 0.3) is 0 Å². The Morgan fingerprint density at radius 1 is 1.45 bits per heavy atom. The van der Waals surface area contributed by atoms with Gasteiger partial charge in [0.1, 0.15) is 0 Å². The lowest BCUT2D eigenvalue weighted by Gasteiger charge is -2.13. The number of hydrogen-bond acceptors (Lipinski definition) is 2. The molecule has 1 unspecified atom stereocenters. The van der Waals surface area contributed by atoms with E-state index < -0.39 is 0 Å². The molecule has 0 saturated carbocycles. The normalized spacial score (nSPS) is 13.5. The molecule has 3 heteroatoms. The topological polar surface area (TPSA) is 69.1 Å². The maximum absolute atomic E-state index is 10.8. The van der Waals surface area contributed by atoms with Crippen molar-refractivity contribution in [1.29, 1.82) is 0 Å². The van der Waals surface area contributed by atoms with Crippen molar-refractivity contribution < 1.29 is 4.79 Å². The van der Waals surface area contributed by atoms with Gasteiger partial charge in [0.15, 0.2) is 0 Å². The summed E-state index contributed by atoms with van der Waals surface area (Å²) >= 11 is 0. The summed E-state index contributed by atoms with van der Waals surface area (Å²) in [6.45, 7) is 4.69. The Bertz CT molecular complexity index is 123. The van der Waals surface area contributed by atoms with Crippen LogP contribution >= 0.6 is 0 Å². The average Bonchev–Trinajstić information content (AvgIpc) is 1.86. The lowest BCUT2D eigenvalue weighted by molar-refractivity contribution is -0.122. The predicted molar refractivity (Wildman–Crippen MR) is 45.8 cm³/mol. The molecule has 0 aromatic carbocycles. The van der Waals surface area contributed by atoms with E-state index in [4.69, 9.17) is 11.5 Å². The highest BCUT2D eigenvalue weighted by Crippen LogP contribution is 2.13. The highest BCUT2D eigenvalue weighted by Gasteiger charge is 2.15. The van der Waals surface area contributed by atoms with Crippen molar-refractivity contribution in [1.82, 2.24) is 0 Å². The van der Waals surface area contributed by atoms with Crippen LogP contribution in [0.4, 0.5) is 0 Å². The second-order valence-corrected chi connectivity index (χ2v) is 3.31. The number of primary amides is 1. The van der Waals surface area contributed by atoms with Crippen molar-refractivity contribution in [3.63, 3.8) is 0 Å². The fourth-order valence-corrected chi connectivity index (χ4v) is 1.15. The van der Waals surface area contributed by atoms with Crippen molar-refractivity contribution in [3.05, 3.63) is 0 Å². The third kappa shape index (κ3) is 4.79. The van der Waals surface area contributed by atoms with Crippen LogP contribution in [0.25, 0.3) is 0 Å². The zero-order chi connectivity index (χ0) is 8.85. The molecule has 0 radical (unpaired) electrons. The summed E-state index contributed by atoms with van der Waals surface area (Å²) in [6, 6.07) is 0. The van der Waals surface area contributed by atoms with Crippen LogP contribution in [0.5, 0.6) is 0 Å². The van der Waals surface area contributed by atoms with Crippen molar-refractivity contribution in [2.45, 2.75) is 26.7 Å². The van der Waals surface area contributed by atoms with Crippen LogP contribution in [0.15, 0.2) is 0 Å². The third-order valence-corrected chi connectivity index (χ3v) is 1.67. The van der Waals surface area contributed by atoms with Gasteiger partial charge in [-0.3, -0.25) is 4.79 Å². The Kier molecular flexibility index (Phi) is 4.86. The molecule has 0 saturated heterocycles. The first kappa shape index (κ1) is 10.4. The number of carbonyl (C=O) groups excluding carboxylic acids is 1. The van der Waals surface area contributed by atoms with Gasteiger partial charge in [-0.05, 0) is 25.3 Å². The largest absolute Gasteiger partial charge is 0.369 e. The minimum absolute atomic E-state index is 0.0278. The summed E-state index contributed by atoms with van der Waals surface area (Å²) in [5.74, 6) is 0.267. The number of amides is 1. The third-order valence-electron chi connectivity index (χ3n) is 1.67. The van der Waals surface area contributed by atoms with E-state index in [9.17, 15) is 4.79 Å². The summed E-state index contributed by atoms with van der Waals surface area (Å²) in [5, 5.41) is 0.